The molecule has 110 heavy (non-hydrogen) atoms. The first-order chi connectivity index (χ1) is 54.8. The summed E-state index contributed by atoms with van der Waals surface area (Å²) in [5, 5.41) is 0. The van der Waals surface area contributed by atoms with E-state index in [1.54, 1.807) is 0 Å². The second-order valence-electron chi connectivity index (χ2n) is 37.2. The molecular weight excluding hydrogens is 1330 g/mol. The summed E-state index contributed by atoms with van der Waals surface area (Å²) < 4.78 is 5.38. The number of rotatable bonds is 101. The maximum atomic E-state index is 12.0. The topological polar surface area (TPSA) is 26.3 Å². The van der Waals surface area contributed by atoms with Gasteiger partial charge in [-0.05, 0) is 18.6 Å². The highest BCUT2D eigenvalue weighted by atomic mass is 16.5. The molecule has 1 aromatic carbocycles. The van der Waals surface area contributed by atoms with E-state index in [0.717, 1.165) is 12.8 Å². The molecule has 0 radical (unpaired) electrons. The predicted molar refractivity (Wildman–Crippen MR) is 499 cm³/mol. The quantitative estimate of drug-likeness (QED) is 0.0369. The Kier molecular flexibility index (Phi) is 97.0. The number of carbonyl (C=O) groups excluding carboxylic acids is 1. The van der Waals surface area contributed by atoms with Crippen LogP contribution in [-0.4, -0.2) is 5.97 Å². The number of esters is 1. The second kappa shape index (κ2) is 100. The molecule has 0 bridgehead atoms. The summed E-state index contributed by atoms with van der Waals surface area (Å²) in [6, 6.07) is 9.43. The molecule has 0 spiro atoms. The lowest BCUT2D eigenvalue weighted by molar-refractivity contribution is -0.134. The van der Waals surface area contributed by atoms with Crippen LogP contribution in [0.5, 0.6) is 5.75 Å². The monoisotopic (exact) mass is 1540 g/mol. The van der Waals surface area contributed by atoms with Crippen LogP contribution in [0.25, 0.3) is 0 Å². The molecule has 0 heterocycles. The van der Waals surface area contributed by atoms with Gasteiger partial charge in [-0.15, -0.1) is 0 Å². The Bertz CT molecular complexity index is 1740. The molecule has 0 fully saturated rings. The van der Waals surface area contributed by atoms with Crippen molar-refractivity contribution < 1.29 is 9.53 Å². The van der Waals surface area contributed by atoms with E-state index in [2.05, 4.69) is 6.92 Å². The molecule has 0 atom stereocenters. The average molecular weight is 1540 g/mol. The number of hydrogen-bond donors (Lipinski definition) is 0. The summed E-state index contributed by atoms with van der Waals surface area (Å²) in [7, 11) is 0. The van der Waals surface area contributed by atoms with E-state index in [9.17, 15) is 4.79 Å². The van der Waals surface area contributed by atoms with Crippen LogP contribution in [-0.2, 0) is 4.79 Å². The molecule has 0 saturated carbocycles. The van der Waals surface area contributed by atoms with Gasteiger partial charge in [-0.3, -0.25) is 4.79 Å². The van der Waals surface area contributed by atoms with Crippen LogP contribution in [0.3, 0.4) is 0 Å². The number of para-hydroxylation sites is 1. The lowest BCUT2D eigenvalue weighted by Crippen LogP contribution is -2.07. The number of hydrogen-bond acceptors (Lipinski definition) is 2. The Labute approximate surface area is 696 Å². The third-order valence-corrected chi connectivity index (χ3v) is 26.0. The molecule has 0 saturated heterocycles. The lowest BCUT2D eigenvalue weighted by Gasteiger charge is -2.05. The highest BCUT2D eigenvalue weighted by Crippen LogP contribution is 2.24. The fourth-order valence-electron chi connectivity index (χ4n) is 18.2. The minimum Gasteiger partial charge on any atom is -0.427 e. The van der Waals surface area contributed by atoms with Gasteiger partial charge in [-0.2, -0.15) is 0 Å². The first kappa shape index (κ1) is 107. The highest BCUT2D eigenvalue weighted by molar-refractivity contribution is 5.72. The molecular formula is C108H208O2. The van der Waals surface area contributed by atoms with Crippen molar-refractivity contribution in [2.75, 3.05) is 0 Å². The Morgan fingerprint density at radius 3 is 0.364 bits per heavy atom. The molecule has 0 aromatic heterocycles. The Balaban J connectivity index is 1.58. The van der Waals surface area contributed by atoms with Crippen molar-refractivity contribution in [1.29, 1.82) is 0 Å². The lowest BCUT2D eigenvalue weighted by atomic mass is 10.0. The van der Waals surface area contributed by atoms with Crippen molar-refractivity contribution in [2.24, 2.45) is 0 Å². The molecule has 1 aromatic rings. The van der Waals surface area contributed by atoms with Gasteiger partial charge < -0.3 is 4.74 Å². The van der Waals surface area contributed by atoms with Gasteiger partial charge in [0.2, 0.25) is 0 Å². The smallest absolute Gasteiger partial charge is 0.311 e. The van der Waals surface area contributed by atoms with Crippen molar-refractivity contribution in [2.45, 2.75) is 649 Å². The second-order valence-corrected chi connectivity index (χ2v) is 37.2. The molecule has 0 unspecified atom stereocenters. The molecule has 0 aliphatic rings. The van der Waals surface area contributed by atoms with E-state index in [0.29, 0.717) is 12.2 Å². The number of carbonyl (C=O) groups is 1. The standard InChI is InChI=1S/C108H208O2/c1-2-3-4-5-6-7-8-9-10-11-12-13-14-15-16-17-18-19-20-21-22-23-24-25-26-27-28-29-30-31-32-33-34-35-36-37-38-39-40-41-42-43-44-45-46-47-48-49-50-51-52-53-54-55-56-57-58-59-60-61-62-63-64-65-66-67-68-69-70-71-72-73-74-75-76-77-78-79-80-81-82-83-84-85-86-87-88-89-90-91-92-93-94-95-96-97-98-99-103-106-108(109)110-107-104-101-100-102-105-107/h100-102,104-105H,2-99,103,106H2,1H3. The molecule has 2 nitrogen and oxygen atoms in total. The van der Waals surface area contributed by atoms with Gasteiger partial charge in [-0.25, -0.2) is 0 Å². The van der Waals surface area contributed by atoms with E-state index in [4.69, 9.17) is 4.74 Å². The third kappa shape index (κ3) is 95.5. The molecule has 652 valence electrons. The zero-order chi connectivity index (χ0) is 78.1. The molecule has 0 aliphatic heterocycles. The van der Waals surface area contributed by atoms with Crippen molar-refractivity contribution in [1.82, 2.24) is 0 Å². The molecule has 0 aliphatic carbocycles. The van der Waals surface area contributed by atoms with Crippen LogP contribution in [0.15, 0.2) is 30.3 Å². The Hall–Kier alpha value is -1.31. The number of benzene rings is 1. The number of ether oxygens (including phenoxy) is 1. The molecule has 1 rings (SSSR count). The minimum absolute atomic E-state index is 0.0968. The van der Waals surface area contributed by atoms with Crippen molar-refractivity contribution in [3.63, 3.8) is 0 Å². The zero-order valence-corrected chi connectivity index (χ0v) is 76.4. The molecule has 0 amide bonds. The van der Waals surface area contributed by atoms with Gasteiger partial charge in [0.05, 0.1) is 0 Å². The third-order valence-electron chi connectivity index (χ3n) is 26.0. The van der Waals surface area contributed by atoms with Crippen molar-refractivity contribution in [3.8, 4) is 5.75 Å². The minimum atomic E-state index is -0.0968. The van der Waals surface area contributed by atoms with Gasteiger partial charge >= 0.3 is 5.97 Å². The van der Waals surface area contributed by atoms with Crippen LogP contribution < -0.4 is 4.74 Å². The Morgan fingerprint density at radius 2 is 0.255 bits per heavy atom. The number of unbranched alkanes of at least 4 members (excludes halogenated alkanes) is 98. The van der Waals surface area contributed by atoms with Gasteiger partial charge in [-0.1, -0.05) is 654 Å². The summed E-state index contributed by atoms with van der Waals surface area (Å²) in [5.41, 5.74) is 0. The van der Waals surface area contributed by atoms with Crippen molar-refractivity contribution in [3.05, 3.63) is 30.3 Å². The largest absolute Gasteiger partial charge is 0.427 e. The molecule has 2 heteroatoms. The molecule has 0 N–H and O–H groups in total. The van der Waals surface area contributed by atoms with Crippen LogP contribution in [0.4, 0.5) is 0 Å². The van der Waals surface area contributed by atoms with Gasteiger partial charge in [0.25, 0.3) is 0 Å². The van der Waals surface area contributed by atoms with Gasteiger partial charge in [0.1, 0.15) is 5.75 Å². The average Bonchev–Trinajstić information content (AvgIpc) is 0.954. The fraction of sp³-hybridized carbons (Fsp3) is 0.935. The maximum Gasteiger partial charge on any atom is 0.311 e. The van der Waals surface area contributed by atoms with Crippen molar-refractivity contribution >= 4 is 5.97 Å². The van der Waals surface area contributed by atoms with Crippen LogP contribution in [0.2, 0.25) is 0 Å². The first-order valence-electron chi connectivity index (χ1n) is 53.1. The summed E-state index contributed by atoms with van der Waals surface area (Å²) >= 11 is 0. The summed E-state index contributed by atoms with van der Waals surface area (Å²) in [6.07, 6.45) is 146. The van der Waals surface area contributed by atoms with E-state index in [1.807, 2.05) is 30.3 Å². The summed E-state index contributed by atoms with van der Waals surface area (Å²) in [4.78, 5) is 12.0. The summed E-state index contributed by atoms with van der Waals surface area (Å²) in [5.74, 6) is 0.562. The normalized spacial score (nSPS) is 11.7. The maximum absolute atomic E-state index is 12.0. The predicted octanol–water partition coefficient (Wildman–Crippen LogP) is 40.6. The van der Waals surface area contributed by atoms with Gasteiger partial charge in [0.15, 0.2) is 0 Å². The Morgan fingerprint density at radius 1 is 0.155 bits per heavy atom. The van der Waals surface area contributed by atoms with E-state index < -0.39 is 0 Å². The van der Waals surface area contributed by atoms with Crippen LogP contribution >= 0.6 is 0 Å². The van der Waals surface area contributed by atoms with Gasteiger partial charge in [0, 0.05) is 6.42 Å². The van der Waals surface area contributed by atoms with E-state index in [1.165, 1.54) is 623 Å². The highest BCUT2D eigenvalue weighted by Gasteiger charge is 2.07. The van der Waals surface area contributed by atoms with Crippen LogP contribution in [0.1, 0.15) is 649 Å². The summed E-state index contributed by atoms with van der Waals surface area (Å²) in [6.45, 7) is 2.32. The zero-order valence-electron chi connectivity index (χ0n) is 76.4. The SMILES string of the molecule is CCCCCCCCCCCCCCCCCCCCCCCCCCCCCCCCCCCCCCCCCCCCCCCCCCCCCCCCCCCCCCCCCCCCCCCCCCCCCCCCCCCCCCCCCCCCCCCCCCCCCC(=O)Oc1ccccc1. The fourth-order valence-corrected chi connectivity index (χ4v) is 18.2. The van der Waals surface area contributed by atoms with E-state index in [-0.39, 0.29) is 5.97 Å². The first-order valence-corrected chi connectivity index (χ1v) is 53.1. The van der Waals surface area contributed by atoms with Crippen LogP contribution in [0, 0.1) is 0 Å². The van der Waals surface area contributed by atoms with E-state index >= 15 is 0 Å².